The fraction of sp³-hybridized carbons (Fsp3) is 0.538. The molecule has 0 saturated carbocycles. The number of benzene rings is 1. The van der Waals surface area contributed by atoms with Crippen LogP contribution in [0.4, 0.5) is 0 Å². The molecule has 0 saturated heterocycles. The van der Waals surface area contributed by atoms with Gasteiger partial charge in [0.2, 0.25) is 0 Å². The molecular weight excluding hydrogens is 266 g/mol. The van der Waals surface area contributed by atoms with Gasteiger partial charge >= 0.3 is 0 Å². The summed E-state index contributed by atoms with van der Waals surface area (Å²) in [6.07, 6.45) is 2.38. The van der Waals surface area contributed by atoms with Crippen molar-refractivity contribution >= 4 is 15.9 Å². The van der Waals surface area contributed by atoms with Crippen molar-refractivity contribution in [1.82, 2.24) is 5.32 Å². The van der Waals surface area contributed by atoms with E-state index in [0.29, 0.717) is 6.10 Å². The van der Waals surface area contributed by atoms with Crippen LogP contribution in [0, 0.1) is 0 Å². The zero-order valence-corrected chi connectivity index (χ0v) is 11.8. The molecule has 16 heavy (non-hydrogen) atoms. The van der Waals surface area contributed by atoms with E-state index in [1.807, 2.05) is 19.2 Å². The van der Waals surface area contributed by atoms with Crippen LogP contribution in [0.5, 0.6) is 5.75 Å². The summed E-state index contributed by atoms with van der Waals surface area (Å²) in [5.41, 5.74) is 1.20. The molecule has 1 aromatic carbocycles. The molecule has 0 atom stereocenters. The first-order valence-electron chi connectivity index (χ1n) is 5.81. The largest absolute Gasteiger partial charge is 0.489 e. The van der Waals surface area contributed by atoms with Crippen LogP contribution in [0.3, 0.4) is 0 Å². The molecule has 1 N–H and O–H groups in total. The van der Waals surface area contributed by atoms with Gasteiger partial charge in [-0.05, 0) is 41.9 Å². The fourth-order valence-corrected chi connectivity index (χ4v) is 2.14. The van der Waals surface area contributed by atoms with Gasteiger partial charge in [0, 0.05) is 12.1 Å². The molecule has 0 bridgehead atoms. The zero-order valence-electron chi connectivity index (χ0n) is 10.2. The molecule has 0 fully saturated rings. The molecule has 0 amide bonds. The van der Waals surface area contributed by atoms with E-state index in [2.05, 4.69) is 41.2 Å². The van der Waals surface area contributed by atoms with Crippen LogP contribution in [0.15, 0.2) is 22.7 Å². The van der Waals surface area contributed by atoms with Gasteiger partial charge in [0.1, 0.15) is 5.75 Å². The maximum atomic E-state index is 6.04. The van der Waals surface area contributed by atoms with Crippen molar-refractivity contribution in [3.63, 3.8) is 0 Å². The average molecular weight is 286 g/mol. The van der Waals surface area contributed by atoms with E-state index in [9.17, 15) is 0 Å². The Morgan fingerprint density at radius 3 is 2.56 bits per heavy atom. The van der Waals surface area contributed by atoms with Gasteiger partial charge in [0.15, 0.2) is 0 Å². The predicted molar refractivity (Wildman–Crippen MR) is 71.9 cm³/mol. The smallest absolute Gasteiger partial charge is 0.138 e. The maximum Gasteiger partial charge on any atom is 0.138 e. The highest BCUT2D eigenvalue weighted by Crippen LogP contribution is 2.30. The minimum absolute atomic E-state index is 0.300. The molecule has 0 heterocycles. The summed E-state index contributed by atoms with van der Waals surface area (Å²) >= 11 is 3.55. The Labute approximate surface area is 107 Å². The van der Waals surface area contributed by atoms with Crippen LogP contribution >= 0.6 is 15.9 Å². The van der Waals surface area contributed by atoms with E-state index in [1.54, 1.807) is 0 Å². The summed E-state index contributed by atoms with van der Waals surface area (Å²) in [5, 5.41) is 3.16. The fourth-order valence-electron chi connectivity index (χ4n) is 1.64. The van der Waals surface area contributed by atoms with Crippen molar-refractivity contribution < 1.29 is 4.74 Å². The zero-order chi connectivity index (χ0) is 12.0. The lowest BCUT2D eigenvalue weighted by atomic mass is 10.1. The molecule has 1 rings (SSSR count). The second-order valence-electron chi connectivity index (χ2n) is 3.81. The maximum absolute atomic E-state index is 6.04. The van der Waals surface area contributed by atoms with Crippen LogP contribution in [-0.4, -0.2) is 13.2 Å². The molecule has 1 aromatic rings. The van der Waals surface area contributed by atoms with Crippen LogP contribution in [0.1, 0.15) is 32.3 Å². The van der Waals surface area contributed by atoms with Gasteiger partial charge in [-0.1, -0.05) is 26.0 Å². The Kier molecular flexibility index (Phi) is 5.85. The van der Waals surface area contributed by atoms with E-state index in [4.69, 9.17) is 4.74 Å². The number of rotatable bonds is 6. The van der Waals surface area contributed by atoms with Crippen LogP contribution < -0.4 is 10.1 Å². The molecule has 0 aromatic heterocycles. The molecular formula is C13H20BrNO. The number of nitrogens with one attached hydrogen (secondary N) is 1. The SMILES string of the molecule is CCC(CC)Oc1c(Br)cccc1CNC. The third-order valence-corrected chi connectivity index (χ3v) is 3.24. The van der Waals surface area contributed by atoms with Gasteiger partial charge < -0.3 is 10.1 Å². The van der Waals surface area contributed by atoms with Crippen molar-refractivity contribution in [2.45, 2.75) is 39.3 Å². The van der Waals surface area contributed by atoms with Gasteiger partial charge in [-0.15, -0.1) is 0 Å². The van der Waals surface area contributed by atoms with E-state index in [0.717, 1.165) is 29.6 Å². The minimum atomic E-state index is 0.300. The van der Waals surface area contributed by atoms with Gasteiger partial charge in [-0.3, -0.25) is 0 Å². The molecule has 2 nitrogen and oxygen atoms in total. The second-order valence-corrected chi connectivity index (χ2v) is 4.67. The molecule has 0 aliphatic rings. The first-order chi connectivity index (χ1) is 7.72. The topological polar surface area (TPSA) is 21.3 Å². The first kappa shape index (κ1) is 13.5. The van der Waals surface area contributed by atoms with Crippen molar-refractivity contribution in [2.75, 3.05) is 7.05 Å². The Hall–Kier alpha value is -0.540. The summed E-state index contributed by atoms with van der Waals surface area (Å²) in [6.45, 7) is 5.14. The van der Waals surface area contributed by atoms with Crippen molar-refractivity contribution in [3.8, 4) is 5.75 Å². The Bertz CT molecular complexity index is 324. The Morgan fingerprint density at radius 1 is 1.31 bits per heavy atom. The van der Waals surface area contributed by atoms with E-state index in [-0.39, 0.29) is 0 Å². The van der Waals surface area contributed by atoms with Crippen LogP contribution in [0.2, 0.25) is 0 Å². The van der Waals surface area contributed by atoms with E-state index < -0.39 is 0 Å². The second kappa shape index (κ2) is 6.92. The summed E-state index contributed by atoms with van der Waals surface area (Å²) in [4.78, 5) is 0. The number of ether oxygens (including phenoxy) is 1. The van der Waals surface area contributed by atoms with Crippen LogP contribution in [0.25, 0.3) is 0 Å². The van der Waals surface area contributed by atoms with Crippen molar-refractivity contribution in [1.29, 1.82) is 0 Å². The van der Waals surface area contributed by atoms with Gasteiger partial charge in [-0.25, -0.2) is 0 Å². The Morgan fingerprint density at radius 2 is 2.00 bits per heavy atom. The number of halogens is 1. The lowest BCUT2D eigenvalue weighted by molar-refractivity contribution is 0.189. The standard InChI is InChI=1S/C13H20BrNO/c1-4-11(5-2)16-13-10(9-15-3)7-6-8-12(13)14/h6-8,11,15H,4-5,9H2,1-3H3. The number of para-hydroxylation sites is 1. The highest BCUT2D eigenvalue weighted by molar-refractivity contribution is 9.10. The summed E-state index contributed by atoms with van der Waals surface area (Å²) in [5.74, 6) is 0.977. The van der Waals surface area contributed by atoms with Crippen molar-refractivity contribution in [3.05, 3.63) is 28.2 Å². The number of hydrogen-bond acceptors (Lipinski definition) is 2. The normalized spacial score (nSPS) is 10.8. The highest BCUT2D eigenvalue weighted by Gasteiger charge is 2.12. The highest BCUT2D eigenvalue weighted by atomic mass is 79.9. The molecule has 90 valence electrons. The molecule has 3 heteroatoms. The monoisotopic (exact) mass is 285 g/mol. The molecule has 0 aliphatic heterocycles. The predicted octanol–water partition coefficient (Wildman–Crippen LogP) is 3.74. The summed E-state index contributed by atoms with van der Waals surface area (Å²) in [7, 11) is 1.95. The summed E-state index contributed by atoms with van der Waals surface area (Å²) in [6, 6.07) is 6.16. The molecule has 0 radical (unpaired) electrons. The molecule has 0 unspecified atom stereocenters. The minimum Gasteiger partial charge on any atom is -0.489 e. The van der Waals surface area contributed by atoms with E-state index in [1.165, 1.54) is 5.56 Å². The lowest BCUT2D eigenvalue weighted by Crippen LogP contribution is -2.16. The third-order valence-electron chi connectivity index (χ3n) is 2.61. The molecule has 0 spiro atoms. The van der Waals surface area contributed by atoms with Gasteiger partial charge in [0.25, 0.3) is 0 Å². The van der Waals surface area contributed by atoms with Gasteiger partial charge in [-0.2, -0.15) is 0 Å². The lowest BCUT2D eigenvalue weighted by Gasteiger charge is -2.19. The Balaban J connectivity index is 2.91. The summed E-state index contributed by atoms with van der Waals surface area (Å²) < 4.78 is 7.07. The average Bonchev–Trinajstić information content (AvgIpc) is 2.29. The van der Waals surface area contributed by atoms with Crippen LogP contribution in [-0.2, 0) is 6.54 Å². The third kappa shape index (κ3) is 3.49. The van der Waals surface area contributed by atoms with Crippen molar-refractivity contribution in [2.24, 2.45) is 0 Å². The quantitative estimate of drug-likeness (QED) is 0.860. The van der Waals surface area contributed by atoms with Gasteiger partial charge in [0.05, 0.1) is 10.6 Å². The first-order valence-corrected chi connectivity index (χ1v) is 6.60. The number of hydrogen-bond donors (Lipinski definition) is 1. The van der Waals surface area contributed by atoms with E-state index >= 15 is 0 Å². The molecule has 0 aliphatic carbocycles.